The molecule has 4 aliphatic rings. The summed E-state index contributed by atoms with van der Waals surface area (Å²) in [6.45, 7) is -0.0222. The number of carbonyl (C=O) groups is 4. The van der Waals surface area contributed by atoms with Crippen molar-refractivity contribution in [3.8, 4) is 5.88 Å². The number of hydrogen-bond acceptors (Lipinski definition) is 11. The van der Waals surface area contributed by atoms with E-state index in [2.05, 4.69) is 30.3 Å². The summed E-state index contributed by atoms with van der Waals surface area (Å²) in [6.07, 6.45) is 11.8. The molecule has 1 aromatic carbocycles. The van der Waals surface area contributed by atoms with Crippen molar-refractivity contribution in [2.24, 2.45) is 5.92 Å². The van der Waals surface area contributed by atoms with Gasteiger partial charge in [-0.2, -0.15) is 4.98 Å². The molecule has 2 saturated carbocycles. The Labute approximate surface area is 311 Å². The molecule has 0 radical (unpaired) electrons. The number of carbonyl (C=O) groups excluding carboxylic acids is 4. The third-order valence-corrected chi connectivity index (χ3v) is 12.5. The van der Waals surface area contributed by atoms with Crippen molar-refractivity contribution >= 4 is 55.5 Å². The molecular weight excluding hydrogens is 713 g/mol. The lowest BCUT2D eigenvalue weighted by atomic mass is 10.0. The molecule has 5 atom stereocenters. The second kappa shape index (κ2) is 14.4. The van der Waals surface area contributed by atoms with Gasteiger partial charge in [-0.15, -0.1) is 0 Å². The highest BCUT2D eigenvalue weighted by Crippen LogP contribution is 2.46. The molecule has 0 spiro atoms. The number of hydrogen-bond donors (Lipinski definition) is 3. The normalized spacial score (nSPS) is 26.2. The van der Waals surface area contributed by atoms with E-state index in [1.54, 1.807) is 6.20 Å². The van der Waals surface area contributed by atoms with Crippen molar-refractivity contribution in [1.82, 2.24) is 40.2 Å². The van der Waals surface area contributed by atoms with E-state index >= 15 is 0 Å². The van der Waals surface area contributed by atoms with Gasteiger partial charge in [0.1, 0.15) is 35.7 Å². The van der Waals surface area contributed by atoms with E-state index in [1.807, 2.05) is 48.6 Å². The molecule has 3 aromatic heterocycles. The average Bonchev–Trinajstić information content (AvgIpc) is 4.11. The highest BCUT2D eigenvalue weighted by atomic mass is 32.2. The van der Waals surface area contributed by atoms with Crippen LogP contribution in [0.5, 0.6) is 5.88 Å². The standard InChI is InChI=1S/C38H40N8O7S/c47-33(29-16-18-39-22-41-29)42-30-13-5-3-1-2-4-9-23-20-38(23,37(50)45-54(51,52)25-14-15-25)44-34(48)31-19-24(21-46(31)36(30)49)53-35-28-11-7-6-10-26(28)27-12-8-17-40-32(27)43-35/h4,6-12,16-18,22-25,30-31H,1-3,5,13-15,19-21H2,(H,42,47)(H,44,48)(H,45,50)/t23-,24-,30+,31+,38-/m1/s1. The number of ether oxygens (including phenoxy) is 1. The van der Waals surface area contributed by atoms with Crippen LogP contribution in [-0.4, -0.2) is 92.4 Å². The van der Waals surface area contributed by atoms with Crippen molar-refractivity contribution in [2.75, 3.05) is 6.54 Å². The molecule has 4 amide bonds. The monoisotopic (exact) mass is 752 g/mol. The van der Waals surface area contributed by atoms with Gasteiger partial charge in [-0.3, -0.25) is 23.9 Å². The van der Waals surface area contributed by atoms with E-state index in [4.69, 9.17) is 9.72 Å². The van der Waals surface area contributed by atoms with Crippen LogP contribution < -0.4 is 20.1 Å². The fourth-order valence-corrected chi connectivity index (χ4v) is 8.87. The molecule has 280 valence electrons. The summed E-state index contributed by atoms with van der Waals surface area (Å²) < 4.78 is 34.5. The summed E-state index contributed by atoms with van der Waals surface area (Å²) >= 11 is 0. The van der Waals surface area contributed by atoms with Gasteiger partial charge in [0.05, 0.1) is 11.8 Å². The van der Waals surface area contributed by atoms with Crippen molar-refractivity contribution in [2.45, 2.75) is 86.8 Å². The van der Waals surface area contributed by atoms with E-state index in [9.17, 15) is 27.6 Å². The van der Waals surface area contributed by atoms with E-state index in [1.165, 1.54) is 23.5 Å². The number of sulfonamides is 1. The molecule has 0 bridgehead atoms. The Hall–Kier alpha value is -5.51. The van der Waals surface area contributed by atoms with Crippen LogP contribution in [0.3, 0.4) is 0 Å². The number of fused-ring (bicyclic) bond motifs is 5. The van der Waals surface area contributed by atoms with E-state index < -0.39 is 68.5 Å². The first-order chi connectivity index (χ1) is 26.1. The third kappa shape index (κ3) is 7.09. The molecule has 4 aromatic rings. The molecule has 16 heteroatoms. The maximum atomic E-state index is 14.6. The minimum atomic E-state index is -3.90. The van der Waals surface area contributed by atoms with E-state index in [0.29, 0.717) is 43.6 Å². The van der Waals surface area contributed by atoms with E-state index in [0.717, 1.165) is 29.0 Å². The fourth-order valence-electron chi connectivity index (χ4n) is 7.51. The molecule has 0 unspecified atom stereocenters. The number of nitrogens with zero attached hydrogens (tertiary/aromatic N) is 5. The molecule has 54 heavy (non-hydrogen) atoms. The highest BCUT2D eigenvalue weighted by Gasteiger charge is 2.62. The van der Waals surface area contributed by atoms with Crippen LogP contribution in [-0.2, 0) is 24.4 Å². The van der Waals surface area contributed by atoms with Crippen LogP contribution in [0.4, 0.5) is 0 Å². The Morgan fingerprint density at radius 3 is 2.56 bits per heavy atom. The Balaban J connectivity index is 1.12. The Morgan fingerprint density at radius 2 is 1.76 bits per heavy atom. The van der Waals surface area contributed by atoms with Crippen LogP contribution in [0.15, 0.2) is 73.3 Å². The quantitative estimate of drug-likeness (QED) is 0.185. The van der Waals surface area contributed by atoms with Gasteiger partial charge >= 0.3 is 0 Å². The molecule has 5 heterocycles. The molecule has 8 rings (SSSR count). The average molecular weight is 753 g/mol. The number of aromatic nitrogens is 4. The zero-order valence-corrected chi connectivity index (χ0v) is 30.2. The van der Waals surface area contributed by atoms with Gasteiger partial charge in [-0.05, 0) is 68.2 Å². The van der Waals surface area contributed by atoms with Gasteiger partial charge in [0.2, 0.25) is 27.7 Å². The second-order valence-electron chi connectivity index (χ2n) is 14.5. The maximum Gasteiger partial charge on any atom is 0.270 e. The van der Waals surface area contributed by atoms with Crippen LogP contribution in [0.2, 0.25) is 0 Å². The van der Waals surface area contributed by atoms with Crippen LogP contribution in [0, 0.1) is 5.92 Å². The lowest BCUT2D eigenvalue weighted by Crippen LogP contribution is -2.58. The van der Waals surface area contributed by atoms with Crippen LogP contribution >= 0.6 is 0 Å². The Bertz CT molecular complexity index is 2270. The topological polar surface area (TPSA) is 203 Å². The SMILES string of the molecule is O=C(N[C@H]1CCCCCC=C[C@@H]2C[C@@]2(C(=O)NS(=O)(=O)C2CC2)NC(=O)[C@@H]2C[C@@H](Oc3nc4ncccc4c4ccccc34)CN2C1=O)c1ccncn1. The molecule has 2 aliphatic carbocycles. The van der Waals surface area contributed by atoms with Crippen LogP contribution in [0.25, 0.3) is 21.8 Å². The molecule has 15 nitrogen and oxygen atoms in total. The van der Waals surface area contributed by atoms with Crippen LogP contribution in [0.1, 0.15) is 68.3 Å². The predicted octanol–water partition coefficient (Wildman–Crippen LogP) is 2.72. The lowest BCUT2D eigenvalue weighted by Gasteiger charge is -2.29. The first kappa shape index (κ1) is 35.5. The second-order valence-corrected chi connectivity index (χ2v) is 16.4. The lowest BCUT2D eigenvalue weighted by molar-refractivity contribution is -0.141. The van der Waals surface area contributed by atoms with Gasteiger partial charge in [0.15, 0.2) is 5.65 Å². The smallest absolute Gasteiger partial charge is 0.270 e. The van der Waals surface area contributed by atoms with Gasteiger partial charge in [-0.25, -0.2) is 23.4 Å². The Morgan fingerprint density at radius 1 is 0.944 bits per heavy atom. The van der Waals surface area contributed by atoms with Gasteiger partial charge in [0, 0.05) is 35.5 Å². The number of rotatable bonds is 7. The first-order valence-electron chi connectivity index (χ1n) is 18.4. The van der Waals surface area contributed by atoms with Gasteiger partial charge in [-0.1, -0.05) is 43.2 Å². The zero-order chi connectivity index (χ0) is 37.5. The summed E-state index contributed by atoms with van der Waals surface area (Å²) in [7, 11) is -3.90. The van der Waals surface area contributed by atoms with E-state index in [-0.39, 0.29) is 25.1 Å². The number of allylic oxidation sites excluding steroid dienone is 1. The number of benzene rings is 1. The van der Waals surface area contributed by atoms with Crippen molar-refractivity contribution in [3.63, 3.8) is 0 Å². The first-order valence-corrected chi connectivity index (χ1v) is 19.9. The summed E-state index contributed by atoms with van der Waals surface area (Å²) in [5.41, 5.74) is -0.944. The summed E-state index contributed by atoms with van der Waals surface area (Å²) in [5.74, 6) is -2.61. The third-order valence-electron chi connectivity index (χ3n) is 10.7. The molecular formula is C38H40N8O7S. The van der Waals surface area contributed by atoms with Crippen molar-refractivity contribution < 1.29 is 32.3 Å². The highest BCUT2D eigenvalue weighted by molar-refractivity contribution is 7.91. The minimum absolute atomic E-state index is 0.0222. The maximum absolute atomic E-state index is 14.6. The number of nitrogens with one attached hydrogen (secondary N) is 3. The Kier molecular flexibility index (Phi) is 9.46. The summed E-state index contributed by atoms with van der Waals surface area (Å²) in [5, 5.41) is 7.54. The molecule has 1 saturated heterocycles. The van der Waals surface area contributed by atoms with Crippen molar-refractivity contribution in [3.05, 3.63) is 79.0 Å². The number of pyridine rings is 2. The molecule has 2 aliphatic heterocycles. The summed E-state index contributed by atoms with van der Waals surface area (Å²) in [4.78, 5) is 74.5. The fraction of sp³-hybridized carbons (Fsp3) is 0.421. The van der Waals surface area contributed by atoms with Gasteiger partial charge < -0.3 is 20.3 Å². The van der Waals surface area contributed by atoms with Gasteiger partial charge in [0.25, 0.3) is 11.8 Å². The molecule has 3 N–H and O–H groups in total. The largest absolute Gasteiger partial charge is 0.472 e. The minimum Gasteiger partial charge on any atom is -0.472 e. The summed E-state index contributed by atoms with van der Waals surface area (Å²) in [6, 6.07) is 10.7. The molecule has 3 fully saturated rings. The number of amides is 4. The zero-order valence-electron chi connectivity index (χ0n) is 29.4. The van der Waals surface area contributed by atoms with Crippen molar-refractivity contribution in [1.29, 1.82) is 0 Å². The predicted molar refractivity (Wildman–Crippen MR) is 196 cm³/mol.